The lowest BCUT2D eigenvalue weighted by molar-refractivity contribution is -0.870. The highest BCUT2D eigenvalue weighted by Crippen LogP contribution is 2.41. The van der Waals surface area contributed by atoms with E-state index in [0.717, 1.165) is 12.8 Å². The minimum atomic E-state index is -4.79. The van der Waals surface area contributed by atoms with Crippen LogP contribution < -0.4 is 4.89 Å². The van der Waals surface area contributed by atoms with Crippen molar-refractivity contribution in [3.63, 3.8) is 0 Å². The van der Waals surface area contributed by atoms with Gasteiger partial charge in [-0.05, 0) is 6.42 Å². The average molecular weight is 371 g/mol. The molecule has 3 atom stereocenters. The molecule has 0 amide bonds. The summed E-state index contributed by atoms with van der Waals surface area (Å²) in [6.45, 7) is 1.47. The van der Waals surface area contributed by atoms with Gasteiger partial charge < -0.3 is 23.5 Å². The Morgan fingerprint density at radius 1 is 1.29 bits per heavy atom. The molecule has 0 aromatic heterocycles. The number of likely N-dealkylation sites (N-methyl/N-ethyl adjacent to an activating group) is 1. The third-order valence-corrected chi connectivity index (χ3v) is 4.24. The van der Waals surface area contributed by atoms with Gasteiger partial charge in [0.05, 0.1) is 27.7 Å². The molecule has 0 spiro atoms. The van der Waals surface area contributed by atoms with Gasteiger partial charge in [-0.25, -0.2) is 4.89 Å². The maximum absolute atomic E-state index is 12.1. The molecule has 0 bridgehead atoms. The second-order valence-corrected chi connectivity index (χ2v) is 7.93. The van der Waals surface area contributed by atoms with E-state index < -0.39 is 32.4 Å². The quantitative estimate of drug-likeness (QED) is 0.149. The molecule has 0 rings (SSSR count). The summed E-state index contributed by atoms with van der Waals surface area (Å²) >= 11 is 0. The van der Waals surface area contributed by atoms with Gasteiger partial charge in [0.15, 0.2) is 11.9 Å². The molecular weight excluding hydrogens is 341 g/mol. The number of rotatable bonds is 14. The zero-order chi connectivity index (χ0) is 18.8. The Morgan fingerprint density at radius 2 is 1.92 bits per heavy atom. The summed E-state index contributed by atoms with van der Waals surface area (Å²) in [5.74, 6) is -0.581. The van der Waals surface area contributed by atoms with Crippen LogP contribution in [0.5, 0.6) is 0 Å². The Bertz CT molecular complexity index is 408. The summed E-state index contributed by atoms with van der Waals surface area (Å²) in [5, 5.41) is 17.9. The van der Waals surface area contributed by atoms with Gasteiger partial charge in [-0.15, -0.1) is 0 Å². The number of nitrogens with zero attached hydrogens (tertiary/aromatic N) is 1. The van der Waals surface area contributed by atoms with E-state index >= 15 is 0 Å². The number of unbranched alkanes of at least 4 members (excludes halogenated alkanes) is 2. The third-order valence-electron chi connectivity index (χ3n) is 3.25. The van der Waals surface area contributed by atoms with E-state index in [9.17, 15) is 14.3 Å². The summed E-state index contributed by atoms with van der Waals surface area (Å²) in [7, 11) is 0.797. The highest BCUT2D eigenvalue weighted by molar-refractivity contribution is 7.45. The molecule has 0 saturated carbocycles. The molecule has 0 aliphatic carbocycles. The third kappa shape index (κ3) is 10.5. The molecule has 0 saturated heterocycles. The fourth-order valence-electron chi connectivity index (χ4n) is 1.81. The number of phosphoric ester groups is 1. The summed E-state index contributed by atoms with van der Waals surface area (Å²) in [5.41, 5.74) is 0. The molecular formula is C14H30NO8P. The van der Waals surface area contributed by atoms with Gasteiger partial charge in [-0.3, -0.25) is 14.6 Å². The number of phosphoric acid groups is 1. The largest absolute Gasteiger partial charge is 0.756 e. The van der Waals surface area contributed by atoms with Gasteiger partial charge in [0, 0.05) is 6.42 Å². The Hall–Kier alpha value is -0.380. The second kappa shape index (κ2) is 11.3. The normalized spacial score (nSPS) is 17.3. The standard InChI is InChI=1S/C14H30NO8P/c1-5-6-7-8-12(17)14(13(11-16)22-18)23-24(19,20)21-10-9-15(2,3)4/h13-14,16H,5-11H2,1-4H3,(H-,18,19,20)/t13-,14?/m0/s1. The molecule has 2 unspecified atom stereocenters. The van der Waals surface area contributed by atoms with E-state index in [1.165, 1.54) is 0 Å². The average Bonchev–Trinajstić information content (AvgIpc) is 2.45. The topological polar surface area (TPSA) is 125 Å². The van der Waals surface area contributed by atoms with Gasteiger partial charge >= 0.3 is 0 Å². The number of aliphatic hydroxyl groups is 1. The highest BCUT2D eigenvalue weighted by atomic mass is 31.2. The number of carbonyl (C=O) groups is 1. The van der Waals surface area contributed by atoms with Crippen molar-refractivity contribution in [2.45, 2.75) is 44.8 Å². The van der Waals surface area contributed by atoms with E-state index in [1.54, 1.807) is 0 Å². The lowest BCUT2D eigenvalue weighted by Crippen LogP contribution is -2.41. The first-order chi connectivity index (χ1) is 11.1. The van der Waals surface area contributed by atoms with Crippen molar-refractivity contribution in [3.05, 3.63) is 0 Å². The van der Waals surface area contributed by atoms with Crippen molar-refractivity contribution in [3.8, 4) is 0 Å². The van der Waals surface area contributed by atoms with Gasteiger partial charge in [0.1, 0.15) is 19.3 Å². The van der Waals surface area contributed by atoms with Gasteiger partial charge in [-0.1, -0.05) is 19.8 Å². The summed E-state index contributed by atoms with van der Waals surface area (Å²) in [4.78, 5) is 28.0. The Kier molecular flexibility index (Phi) is 11.1. The number of ketones is 1. The monoisotopic (exact) mass is 371 g/mol. The first-order valence-electron chi connectivity index (χ1n) is 7.94. The van der Waals surface area contributed by atoms with Crippen molar-refractivity contribution in [2.75, 3.05) is 40.9 Å². The van der Waals surface area contributed by atoms with Crippen LogP contribution in [0.3, 0.4) is 0 Å². The molecule has 9 nitrogen and oxygen atoms in total. The summed E-state index contributed by atoms with van der Waals surface area (Å²) in [6.07, 6.45) is -0.876. The Labute approximate surface area is 143 Å². The molecule has 0 aliphatic rings. The minimum absolute atomic E-state index is 0.0528. The maximum atomic E-state index is 12.1. The smallest absolute Gasteiger partial charge is 0.268 e. The summed E-state index contributed by atoms with van der Waals surface area (Å²) < 4.78 is 21.9. The van der Waals surface area contributed by atoms with E-state index in [4.69, 9.17) is 19.4 Å². The molecule has 0 heterocycles. The Morgan fingerprint density at radius 3 is 2.38 bits per heavy atom. The molecule has 0 radical (unpaired) electrons. The van der Waals surface area contributed by atoms with Crippen LogP contribution in [0.15, 0.2) is 0 Å². The van der Waals surface area contributed by atoms with Crippen LogP contribution in [0.2, 0.25) is 0 Å². The molecule has 10 heteroatoms. The van der Waals surface area contributed by atoms with Gasteiger partial charge in [0.25, 0.3) is 7.82 Å². The van der Waals surface area contributed by atoms with Gasteiger partial charge in [0.2, 0.25) is 0 Å². The molecule has 24 heavy (non-hydrogen) atoms. The zero-order valence-corrected chi connectivity index (χ0v) is 15.7. The number of quaternary nitrogens is 1. The van der Waals surface area contributed by atoms with Crippen molar-refractivity contribution in [1.29, 1.82) is 0 Å². The number of carbonyl (C=O) groups excluding carboxylic acids is 1. The SMILES string of the molecule is CCCCCC(=O)C(OP(=O)([O-])OCC[N+](C)(C)C)[C@H](CO)OO. The second-order valence-electron chi connectivity index (χ2n) is 6.57. The zero-order valence-electron chi connectivity index (χ0n) is 14.8. The fourth-order valence-corrected chi connectivity index (χ4v) is 2.70. The van der Waals surface area contributed by atoms with E-state index in [1.807, 2.05) is 28.1 Å². The van der Waals surface area contributed by atoms with Crippen LogP contribution >= 0.6 is 7.82 Å². The van der Waals surface area contributed by atoms with E-state index in [0.29, 0.717) is 17.4 Å². The maximum Gasteiger partial charge on any atom is 0.268 e. The first kappa shape index (κ1) is 23.6. The fraction of sp³-hybridized carbons (Fsp3) is 0.929. The summed E-state index contributed by atoms with van der Waals surface area (Å²) in [6, 6.07) is 0. The first-order valence-corrected chi connectivity index (χ1v) is 9.40. The molecule has 0 aromatic rings. The van der Waals surface area contributed by atoms with Crippen molar-refractivity contribution in [1.82, 2.24) is 0 Å². The molecule has 2 N–H and O–H groups in total. The van der Waals surface area contributed by atoms with Crippen molar-refractivity contribution < 1.29 is 43.0 Å². The van der Waals surface area contributed by atoms with Crippen LogP contribution in [0.4, 0.5) is 0 Å². The van der Waals surface area contributed by atoms with E-state index in [2.05, 4.69) is 4.89 Å². The number of Topliss-reactive ketones (excluding diaryl/α,β-unsaturated/α-hetero) is 1. The predicted octanol–water partition coefficient (Wildman–Crippen LogP) is 0.563. The van der Waals surface area contributed by atoms with E-state index in [-0.39, 0.29) is 13.0 Å². The lowest BCUT2D eigenvalue weighted by Gasteiger charge is -2.31. The lowest BCUT2D eigenvalue weighted by atomic mass is 10.0. The predicted molar refractivity (Wildman–Crippen MR) is 85.1 cm³/mol. The molecule has 144 valence electrons. The number of aliphatic hydroxyl groups excluding tert-OH is 1. The highest BCUT2D eigenvalue weighted by Gasteiger charge is 2.33. The van der Waals surface area contributed by atoms with Crippen LogP contribution in [0, 0.1) is 0 Å². The molecule has 0 aliphatic heterocycles. The van der Waals surface area contributed by atoms with Crippen molar-refractivity contribution >= 4 is 13.6 Å². The molecule has 0 fully saturated rings. The minimum Gasteiger partial charge on any atom is -0.756 e. The van der Waals surface area contributed by atoms with Gasteiger partial charge in [-0.2, -0.15) is 0 Å². The van der Waals surface area contributed by atoms with Crippen LogP contribution in [0.1, 0.15) is 32.6 Å². The number of hydrogen-bond donors (Lipinski definition) is 2. The molecule has 0 aromatic carbocycles. The number of hydrogen-bond acceptors (Lipinski definition) is 8. The Balaban J connectivity index is 4.83. The van der Waals surface area contributed by atoms with Crippen LogP contribution in [0.25, 0.3) is 0 Å². The van der Waals surface area contributed by atoms with Crippen LogP contribution in [-0.4, -0.2) is 73.7 Å². The van der Waals surface area contributed by atoms with Crippen LogP contribution in [-0.2, 0) is 23.3 Å². The van der Waals surface area contributed by atoms with Crippen molar-refractivity contribution in [2.24, 2.45) is 0 Å².